The molecule has 1 aromatic rings. The fraction of sp³-hybridized carbons (Fsp3) is 0.600. The number of nitrogens with zero attached hydrogens (tertiary/aromatic N) is 1. The number of piperazine rings is 1. The van der Waals surface area contributed by atoms with Crippen LogP contribution >= 0.6 is 0 Å². The largest absolute Gasteiger partial charge is 0.309 e. The molecule has 0 radical (unpaired) electrons. The lowest BCUT2D eigenvalue weighted by atomic mass is 10.0. The quantitative estimate of drug-likeness (QED) is 0.857. The molecule has 0 aromatic heterocycles. The zero-order valence-electron chi connectivity index (χ0n) is 11.1. The lowest BCUT2D eigenvalue weighted by molar-refractivity contribution is 0.153. The Morgan fingerprint density at radius 1 is 1.24 bits per heavy atom. The van der Waals surface area contributed by atoms with Gasteiger partial charge in [0.05, 0.1) is 0 Å². The van der Waals surface area contributed by atoms with Crippen LogP contribution in [-0.4, -0.2) is 36.6 Å². The first kappa shape index (κ1) is 12.6. The second-order valence-corrected chi connectivity index (χ2v) is 5.68. The van der Waals surface area contributed by atoms with Gasteiger partial charge in [0.25, 0.3) is 0 Å². The Kier molecular flexibility index (Phi) is 4.19. The van der Waals surface area contributed by atoms with Crippen molar-refractivity contribution in [2.24, 2.45) is 0 Å². The van der Waals surface area contributed by atoms with Crippen molar-refractivity contribution in [2.45, 2.75) is 32.2 Å². The normalized spacial score (nSPS) is 20.4. The van der Waals surface area contributed by atoms with Gasteiger partial charge in [-0.05, 0) is 38.8 Å². The van der Waals surface area contributed by atoms with E-state index in [4.69, 9.17) is 0 Å². The van der Waals surface area contributed by atoms with Gasteiger partial charge in [-0.2, -0.15) is 0 Å². The molecule has 1 heterocycles. The van der Waals surface area contributed by atoms with Crippen LogP contribution in [0.1, 0.15) is 25.8 Å². The molecule has 1 fully saturated rings. The number of rotatable bonds is 4. The molecule has 0 amide bonds. The molecule has 0 bridgehead atoms. The third-order valence-corrected chi connectivity index (χ3v) is 3.43. The van der Waals surface area contributed by atoms with Crippen molar-refractivity contribution >= 4 is 0 Å². The van der Waals surface area contributed by atoms with E-state index < -0.39 is 0 Å². The molecule has 0 atom stereocenters. The average Bonchev–Trinajstić information content (AvgIpc) is 2.29. The zero-order valence-corrected chi connectivity index (χ0v) is 11.1. The summed E-state index contributed by atoms with van der Waals surface area (Å²) in [6.07, 6.45) is 2.46. The second-order valence-electron chi connectivity index (χ2n) is 5.68. The minimum atomic E-state index is 0.283. The van der Waals surface area contributed by atoms with Gasteiger partial charge in [0.2, 0.25) is 0 Å². The Morgan fingerprint density at radius 2 is 2.00 bits per heavy atom. The Hall–Kier alpha value is -0.860. The standard InChI is InChI=1S/C15H24N2/c1-15(2)13-17(12-10-16-15)11-6-9-14-7-4-3-5-8-14/h3-5,7-8,16H,6,9-13H2,1-2H3. The predicted molar refractivity (Wildman–Crippen MR) is 73.3 cm³/mol. The van der Waals surface area contributed by atoms with Crippen molar-refractivity contribution in [1.29, 1.82) is 0 Å². The SMILES string of the molecule is CC1(C)CN(CCCc2ccccc2)CCN1. The van der Waals surface area contributed by atoms with Crippen LogP contribution in [0.15, 0.2) is 30.3 Å². The fourth-order valence-electron chi connectivity index (χ4n) is 2.59. The van der Waals surface area contributed by atoms with Crippen LogP contribution in [-0.2, 0) is 6.42 Å². The summed E-state index contributed by atoms with van der Waals surface area (Å²) in [7, 11) is 0. The summed E-state index contributed by atoms with van der Waals surface area (Å²) < 4.78 is 0. The van der Waals surface area contributed by atoms with Gasteiger partial charge in [0.15, 0.2) is 0 Å². The monoisotopic (exact) mass is 232 g/mol. The Bertz CT molecular complexity index is 332. The molecule has 0 aliphatic carbocycles. The summed E-state index contributed by atoms with van der Waals surface area (Å²) in [6, 6.07) is 10.8. The fourth-order valence-corrected chi connectivity index (χ4v) is 2.59. The lowest BCUT2D eigenvalue weighted by Gasteiger charge is -2.39. The summed E-state index contributed by atoms with van der Waals surface area (Å²) in [5.41, 5.74) is 1.74. The molecule has 2 rings (SSSR count). The number of benzene rings is 1. The molecule has 2 nitrogen and oxygen atoms in total. The minimum absolute atomic E-state index is 0.283. The highest BCUT2D eigenvalue weighted by molar-refractivity contribution is 5.14. The summed E-state index contributed by atoms with van der Waals surface area (Å²) in [5, 5.41) is 3.55. The number of nitrogens with one attached hydrogen (secondary N) is 1. The molecule has 17 heavy (non-hydrogen) atoms. The van der Waals surface area contributed by atoms with Crippen molar-refractivity contribution in [2.75, 3.05) is 26.2 Å². The molecular weight excluding hydrogens is 208 g/mol. The summed E-state index contributed by atoms with van der Waals surface area (Å²) >= 11 is 0. The van der Waals surface area contributed by atoms with Gasteiger partial charge in [0, 0.05) is 25.2 Å². The molecule has 1 aliphatic heterocycles. The van der Waals surface area contributed by atoms with E-state index >= 15 is 0 Å². The maximum atomic E-state index is 3.55. The van der Waals surface area contributed by atoms with Crippen LogP contribution in [0.5, 0.6) is 0 Å². The smallest absolute Gasteiger partial charge is 0.0252 e. The highest BCUT2D eigenvalue weighted by Crippen LogP contribution is 2.11. The van der Waals surface area contributed by atoms with E-state index in [1.165, 1.54) is 38.0 Å². The van der Waals surface area contributed by atoms with Crippen molar-refractivity contribution in [3.05, 3.63) is 35.9 Å². The molecule has 1 saturated heterocycles. The molecule has 2 heteroatoms. The van der Waals surface area contributed by atoms with E-state index in [0.29, 0.717) is 0 Å². The Balaban J connectivity index is 1.72. The van der Waals surface area contributed by atoms with Crippen LogP contribution in [0.4, 0.5) is 0 Å². The van der Waals surface area contributed by atoms with Gasteiger partial charge in [-0.3, -0.25) is 0 Å². The highest BCUT2D eigenvalue weighted by Gasteiger charge is 2.24. The van der Waals surface area contributed by atoms with E-state index in [1.807, 2.05) is 0 Å². The van der Waals surface area contributed by atoms with Crippen LogP contribution in [0.3, 0.4) is 0 Å². The van der Waals surface area contributed by atoms with Gasteiger partial charge < -0.3 is 10.2 Å². The van der Waals surface area contributed by atoms with Gasteiger partial charge in [-0.25, -0.2) is 0 Å². The number of hydrogen-bond donors (Lipinski definition) is 1. The Labute approximate surface area is 105 Å². The topological polar surface area (TPSA) is 15.3 Å². The van der Waals surface area contributed by atoms with Crippen LogP contribution in [0, 0.1) is 0 Å². The molecule has 1 N–H and O–H groups in total. The third kappa shape index (κ3) is 4.14. The maximum absolute atomic E-state index is 3.55. The average molecular weight is 232 g/mol. The van der Waals surface area contributed by atoms with Crippen molar-refractivity contribution in [3.63, 3.8) is 0 Å². The van der Waals surface area contributed by atoms with E-state index in [0.717, 1.165) is 6.54 Å². The molecule has 0 unspecified atom stereocenters. The third-order valence-electron chi connectivity index (χ3n) is 3.43. The summed E-state index contributed by atoms with van der Waals surface area (Å²) in [4.78, 5) is 2.58. The molecular formula is C15H24N2. The summed E-state index contributed by atoms with van der Waals surface area (Å²) in [5.74, 6) is 0. The van der Waals surface area contributed by atoms with Gasteiger partial charge >= 0.3 is 0 Å². The molecule has 94 valence electrons. The second kappa shape index (κ2) is 5.65. The van der Waals surface area contributed by atoms with E-state index in [1.54, 1.807) is 0 Å². The number of aryl methyl sites for hydroxylation is 1. The number of hydrogen-bond acceptors (Lipinski definition) is 2. The van der Waals surface area contributed by atoms with E-state index in [-0.39, 0.29) is 5.54 Å². The first-order valence-corrected chi connectivity index (χ1v) is 6.67. The van der Waals surface area contributed by atoms with Crippen LogP contribution in [0.25, 0.3) is 0 Å². The first-order valence-electron chi connectivity index (χ1n) is 6.67. The highest BCUT2D eigenvalue weighted by atomic mass is 15.2. The van der Waals surface area contributed by atoms with Crippen molar-refractivity contribution in [3.8, 4) is 0 Å². The predicted octanol–water partition coefficient (Wildman–Crippen LogP) is 2.30. The lowest BCUT2D eigenvalue weighted by Crippen LogP contribution is -2.57. The van der Waals surface area contributed by atoms with Crippen LogP contribution in [0.2, 0.25) is 0 Å². The van der Waals surface area contributed by atoms with Gasteiger partial charge in [0.1, 0.15) is 0 Å². The molecule has 0 spiro atoms. The first-order chi connectivity index (χ1) is 8.16. The molecule has 1 aromatic carbocycles. The maximum Gasteiger partial charge on any atom is 0.0252 e. The summed E-state index contributed by atoms with van der Waals surface area (Å²) in [6.45, 7) is 9.28. The van der Waals surface area contributed by atoms with Gasteiger partial charge in [-0.1, -0.05) is 30.3 Å². The van der Waals surface area contributed by atoms with Crippen molar-refractivity contribution in [1.82, 2.24) is 10.2 Å². The van der Waals surface area contributed by atoms with E-state index in [2.05, 4.69) is 54.4 Å². The van der Waals surface area contributed by atoms with E-state index in [9.17, 15) is 0 Å². The van der Waals surface area contributed by atoms with Crippen LogP contribution < -0.4 is 5.32 Å². The van der Waals surface area contributed by atoms with Crippen molar-refractivity contribution < 1.29 is 0 Å². The van der Waals surface area contributed by atoms with Gasteiger partial charge in [-0.15, -0.1) is 0 Å². The molecule has 0 saturated carbocycles. The zero-order chi connectivity index (χ0) is 12.1. The Morgan fingerprint density at radius 3 is 2.71 bits per heavy atom. The minimum Gasteiger partial charge on any atom is -0.309 e. The molecule has 1 aliphatic rings.